The van der Waals surface area contributed by atoms with Crippen molar-refractivity contribution in [3.05, 3.63) is 29.8 Å². The molecule has 1 unspecified atom stereocenters. The second-order valence-corrected chi connectivity index (χ2v) is 11.3. The summed E-state index contributed by atoms with van der Waals surface area (Å²) in [4.78, 5) is 13.2. The molecular formula is C22H29F6O4S+. The van der Waals surface area contributed by atoms with Gasteiger partial charge in [0.1, 0.15) is 30.7 Å². The zero-order valence-corrected chi connectivity index (χ0v) is 19.8. The highest BCUT2D eigenvalue weighted by Crippen LogP contribution is 2.46. The third-order valence-electron chi connectivity index (χ3n) is 5.34. The zero-order chi connectivity index (χ0) is 25.1. The predicted octanol–water partition coefficient (Wildman–Crippen LogP) is 5.56. The molecule has 1 atom stereocenters. The predicted molar refractivity (Wildman–Crippen MR) is 114 cm³/mol. The molecule has 4 nitrogen and oxygen atoms in total. The Balaban J connectivity index is 2.22. The summed E-state index contributed by atoms with van der Waals surface area (Å²) < 4.78 is 93.5. The van der Waals surface area contributed by atoms with Crippen LogP contribution in [0.5, 0.6) is 5.75 Å². The maximum atomic E-state index is 13.4. The van der Waals surface area contributed by atoms with Gasteiger partial charge in [-0.1, -0.05) is 20.8 Å². The fraction of sp³-hybridized carbons (Fsp3) is 0.682. The van der Waals surface area contributed by atoms with Crippen molar-refractivity contribution in [2.24, 2.45) is 5.41 Å². The smallest absolute Gasteiger partial charge is 0.430 e. The molecule has 0 radical (unpaired) electrons. The third-order valence-corrected chi connectivity index (χ3v) is 8.55. The van der Waals surface area contributed by atoms with E-state index in [0.717, 1.165) is 31.5 Å². The van der Waals surface area contributed by atoms with Gasteiger partial charge in [0.05, 0.1) is 0 Å². The summed E-state index contributed by atoms with van der Waals surface area (Å²) in [7, 11) is 0.840. The van der Waals surface area contributed by atoms with Gasteiger partial charge in [-0.3, -0.25) is 4.79 Å². The van der Waals surface area contributed by atoms with Crippen LogP contribution < -0.4 is 4.74 Å². The van der Waals surface area contributed by atoms with E-state index in [1.54, 1.807) is 0 Å². The van der Waals surface area contributed by atoms with E-state index in [1.165, 1.54) is 24.3 Å². The average molecular weight is 504 g/mol. The lowest BCUT2D eigenvalue weighted by Crippen LogP contribution is -2.62. The van der Waals surface area contributed by atoms with E-state index in [9.17, 15) is 31.1 Å². The van der Waals surface area contributed by atoms with Crippen LogP contribution in [0.3, 0.4) is 0 Å². The first-order chi connectivity index (χ1) is 15.1. The molecule has 0 aromatic heterocycles. The molecule has 11 heteroatoms. The molecule has 1 aromatic carbocycles. The summed E-state index contributed by atoms with van der Waals surface area (Å²) in [5.41, 5.74) is -4.50. The van der Waals surface area contributed by atoms with Gasteiger partial charge in [-0.15, -0.1) is 0 Å². The Kier molecular flexibility index (Phi) is 8.78. The van der Waals surface area contributed by atoms with Gasteiger partial charge in [0.25, 0.3) is 5.60 Å². The van der Waals surface area contributed by atoms with Gasteiger partial charge in [-0.05, 0) is 48.0 Å². The summed E-state index contributed by atoms with van der Waals surface area (Å²) in [6, 6.07) is 5.13. The Morgan fingerprint density at radius 3 is 1.91 bits per heavy atom. The topological polar surface area (TPSA) is 44.8 Å². The van der Waals surface area contributed by atoms with Crippen LogP contribution in [0, 0.1) is 5.41 Å². The maximum Gasteiger partial charge on any atom is 0.430 e. The molecule has 1 fully saturated rings. The Morgan fingerprint density at radius 2 is 1.48 bits per heavy atom. The van der Waals surface area contributed by atoms with Crippen molar-refractivity contribution >= 4 is 16.7 Å². The summed E-state index contributed by atoms with van der Waals surface area (Å²) in [5, 5.41) is -0.211. The van der Waals surface area contributed by atoms with Crippen LogP contribution in [0.4, 0.5) is 26.3 Å². The Labute approximate surface area is 192 Å². The Bertz CT molecular complexity index is 766. The fourth-order valence-electron chi connectivity index (χ4n) is 3.70. The number of carbonyl (C=O) groups is 1. The SMILES string of the molecule is COCOC(COc1ccc(C(=O)C([S+]2CCCC2)C(C)(C)C)cc1)(C(F)(F)F)C(F)(F)F. The molecular weight excluding hydrogens is 474 g/mol. The monoisotopic (exact) mass is 503 g/mol. The fourth-order valence-corrected chi connectivity index (χ4v) is 6.96. The number of alkyl halides is 6. The maximum absolute atomic E-state index is 13.4. The highest BCUT2D eigenvalue weighted by atomic mass is 32.2. The molecule has 1 aliphatic heterocycles. The number of methoxy groups -OCH3 is 1. The van der Waals surface area contributed by atoms with Crippen LogP contribution in [0.25, 0.3) is 0 Å². The van der Waals surface area contributed by atoms with Crippen molar-refractivity contribution in [2.45, 2.75) is 56.8 Å². The normalized spacial score (nSPS) is 17.3. The molecule has 0 aliphatic carbocycles. The number of hydrogen-bond donors (Lipinski definition) is 0. The number of hydrogen-bond acceptors (Lipinski definition) is 4. The summed E-state index contributed by atoms with van der Waals surface area (Å²) >= 11 is 0. The lowest BCUT2D eigenvalue weighted by Gasteiger charge is -2.36. The van der Waals surface area contributed by atoms with Gasteiger partial charge in [-0.25, -0.2) is 0 Å². The molecule has 33 heavy (non-hydrogen) atoms. The van der Waals surface area contributed by atoms with Crippen LogP contribution in [0.1, 0.15) is 44.0 Å². The summed E-state index contributed by atoms with van der Waals surface area (Å²) in [6.45, 7) is 2.89. The van der Waals surface area contributed by atoms with Crippen LogP contribution >= 0.6 is 0 Å². The molecule has 0 amide bonds. The van der Waals surface area contributed by atoms with Crippen LogP contribution in [-0.4, -0.2) is 61.0 Å². The number of ether oxygens (including phenoxy) is 3. The lowest BCUT2D eigenvalue weighted by atomic mass is 9.87. The van der Waals surface area contributed by atoms with Crippen LogP contribution in [-0.2, 0) is 20.4 Å². The third kappa shape index (κ3) is 6.36. The van der Waals surface area contributed by atoms with E-state index in [-0.39, 0.29) is 33.1 Å². The number of Topliss-reactive ketones (excluding diaryl/α,β-unsaturated/α-hetero) is 1. The van der Waals surface area contributed by atoms with Crippen molar-refractivity contribution in [3.63, 3.8) is 0 Å². The second-order valence-electron chi connectivity index (χ2n) is 8.95. The van der Waals surface area contributed by atoms with Gasteiger partial charge in [0, 0.05) is 18.1 Å². The number of benzene rings is 1. The Hall–Kier alpha value is -1.46. The number of carbonyl (C=O) groups excluding carboxylic acids is 1. The van der Waals surface area contributed by atoms with E-state index in [4.69, 9.17) is 4.74 Å². The van der Waals surface area contributed by atoms with Gasteiger partial charge in [0.2, 0.25) is 5.78 Å². The quantitative estimate of drug-likeness (QED) is 0.192. The van der Waals surface area contributed by atoms with Crippen LogP contribution in [0.15, 0.2) is 24.3 Å². The van der Waals surface area contributed by atoms with Gasteiger partial charge in [-0.2, -0.15) is 26.3 Å². The summed E-state index contributed by atoms with van der Waals surface area (Å²) in [6.07, 6.45) is -9.47. The van der Waals surface area contributed by atoms with Gasteiger partial charge < -0.3 is 14.2 Å². The number of ketones is 1. The van der Waals surface area contributed by atoms with Crippen molar-refractivity contribution < 1.29 is 45.3 Å². The minimum Gasteiger partial charge on any atom is -0.490 e. The first-order valence-corrected chi connectivity index (χ1v) is 12.0. The second kappa shape index (κ2) is 10.4. The highest BCUT2D eigenvalue weighted by Gasteiger charge is 2.73. The first kappa shape index (κ1) is 27.8. The van der Waals surface area contributed by atoms with E-state index in [1.807, 2.05) is 20.8 Å². The Morgan fingerprint density at radius 1 is 0.970 bits per heavy atom. The molecule has 0 bridgehead atoms. The van der Waals surface area contributed by atoms with E-state index < -0.39 is 31.4 Å². The van der Waals surface area contributed by atoms with E-state index in [0.29, 0.717) is 5.56 Å². The molecule has 1 saturated heterocycles. The van der Waals surface area contributed by atoms with Crippen LogP contribution in [0.2, 0.25) is 0 Å². The van der Waals surface area contributed by atoms with Crippen molar-refractivity contribution in [1.29, 1.82) is 0 Å². The molecule has 188 valence electrons. The molecule has 2 rings (SSSR count). The lowest BCUT2D eigenvalue weighted by molar-refractivity contribution is -0.397. The van der Waals surface area contributed by atoms with Crippen molar-refractivity contribution in [3.8, 4) is 5.75 Å². The largest absolute Gasteiger partial charge is 0.490 e. The first-order valence-electron chi connectivity index (χ1n) is 10.3. The summed E-state index contributed by atoms with van der Waals surface area (Å²) in [5.74, 6) is 1.63. The van der Waals surface area contributed by atoms with E-state index in [2.05, 4.69) is 9.47 Å². The molecule has 1 aromatic rings. The minimum absolute atomic E-state index is 0.0682. The molecule has 1 heterocycles. The zero-order valence-electron chi connectivity index (χ0n) is 18.9. The highest BCUT2D eigenvalue weighted by molar-refractivity contribution is 7.98. The van der Waals surface area contributed by atoms with Gasteiger partial charge in [0.15, 0.2) is 5.25 Å². The minimum atomic E-state index is -5.80. The molecule has 0 saturated carbocycles. The average Bonchev–Trinajstić information content (AvgIpc) is 3.19. The standard InChI is InChI=1S/C22H29F6O4S/c1-19(2,3)18(33-11-5-6-12-33)17(29)15-7-9-16(10-8-15)31-13-20(21(23,24)25,22(26,27)28)32-14-30-4/h7-10,18H,5-6,11-14H2,1-4H3/q+1. The molecule has 0 N–H and O–H groups in total. The van der Waals surface area contributed by atoms with E-state index >= 15 is 0 Å². The van der Waals surface area contributed by atoms with Crippen molar-refractivity contribution in [1.82, 2.24) is 0 Å². The molecule has 0 spiro atoms. The van der Waals surface area contributed by atoms with Gasteiger partial charge >= 0.3 is 12.4 Å². The number of halogens is 6. The molecule has 1 aliphatic rings. The van der Waals surface area contributed by atoms with Crippen molar-refractivity contribution in [2.75, 3.05) is 32.0 Å². The number of rotatable bonds is 9.